The number of carbonyl (C=O) groups is 3. The van der Waals surface area contributed by atoms with Crippen molar-refractivity contribution in [2.75, 3.05) is 35.5 Å². The summed E-state index contributed by atoms with van der Waals surface area (Å²) in [5.41, 5.74) is 6.49. The Morgan fingerprint density at radius 3 is 2.24 bits per heavy atom. The molecule has 1 fully saturated rings. The number of benzene rings is 2. The number of Topliss-reactive ketones (excluding diaryl/α,β-unsaturated/α-hetero) is 1. The highest BCUT2D eigenvalue weighted by atomic mass is 16.7. The molecule has 0 saturated carbocycles. The van der Waals surface area contributed by atoms with Gasteiger partial charge in [-0.2, -0.15) is 0 Å². The second kappa shape index (κ2) is 11.4. The van der Waals surface area contributed by atoms with Gasteiger partial charge in [-0.15, -0.1) is 0 Å². The molecule has 1 unspecified atom stereocenters. The van der Waals surface area contributed by atoms with Crippen LogP contribution >= 0.6 is 0 Å². The third-order valence-electron chi connectivity index (χ3n) is 8.76. The standard InChI is InChI=1S/C31H37NO10/c1-14-28(37-4)18(32)11-21(41-14)42-20-13-31(40-7,15(2)33)12-17-23(20)30(39-6)25-24(29(17)38-5)26(34)16-9-8-10-19(36-3)22(16)27(25)35/h8-10,14,18,20-21,28H,11-13,32H2,1-7H3/t14?,18-,20+,21+,28+,31+/m1/s1. The Labute approximate surface area is 244 Å². The summed E-state index contributed by atoms with van der Waals surface area (Å²) in [5, 5.41) is 0. The van der Waals surface area contributed by atoms with E-state index in [9.17, 15) is 14.4 Å². The number of ketones is 3. The van der Waals surface area contributed by atoms with Crippen LogP contribution in [0, 0.1) is 0 Å². The molecule has 42 heavy (non-hydrogen) atoms. The van der Waals surface area contributed by atoms with E-state index in [2.05, 4.69) is 0 Å². The van der Waals surface area contributed by atoms with E-state index in [4.69, 9.17) is 38.9 Å². The maximum absolute atomic E-state index is 14.2. The summed E-state index contributed by atoms with van der Waals surface area (Å²) in [6.45, 7) is 3.30. The zero-order valence-electron chi connectivity index (χ0n) is 24.9. The average Bonchev–Trinajstić information content (AvgIpc) is 2.97. The van der Waals surface area contributed by atoms with Crippen molar-refractivity contribution in [3.8, 4) is 17.2 Å². The molecule has 2 aromatic carbocycles. The molecule has 0 radical (unpaired) electrons. The SMILES string of the molecule is COc1cccc2c1C(=O)c1c(OC)c3c(c(OC)c1C2=O)C[C@@](OC)(C(C)=O)C[C@@H]3O[C@H]1C[C@@H](N)[C@@H](OC)C(C)O1. The number of rotatable bonds is 8. The molecule has 226 valence electrons. The van der Waals surface area contributed by atoms with Crippen molar-refractivity contribution >= 4 is 17.3 Å². The minimum atomic E-state index is -1.30. The summed E-state index contributed by atoms with van der Waals surface area (Å²) < 4.78 is 41.3. The lowest BCUT2D eigenvalue weighted by Crippen LogP contribution is -2.53. The van der Waals surface area contributed by atoms with E-state index in [-0.39, 0.29) is 76.4 Å². The van der Waals surface area contributed by atoms with Gasteiger partial charge in [0.25, 0.3) is 0 Å². The molecule has 1 heterocycles. The number of carbonyl (C=O) groups excluding carboxylic acids is 3. The van der Waals surface area contributed by atoms with Gasteiger partial charge in [-0.25, -0.2) is 0 Å². The van der Waals surface area contributed by atoms with Gasteiger partial charge in [0.05, 0.1) is 56.3 Å². The van der Waals surface area contributed by atoms with Crippen LogP contribution in [0.1, 0.15) is 75.8 Å². The van der Waals surface area contributed by atoms with E-state index >= 15 is 0 Å². The predicted molar refractivity (Wildman–Crippen MR) is 150 cm³/mol. The first kappa shape index (κ1) is 30.1. The largest absolute Gasteiger partial charge is 0.496 e. The highest BCUT2D eigenvalue weighted by molar-refractivity contribution is 6.31. The van der Waals surface area contributed by atoms with Crippen LogP contribution in [0.2, 0.25) is 0 Å². The van der Waals surface area contributed by atoms with E-state index in [1.54, 1.807) is 25.3 Å². The van der Waals surface area contributed by atoms with Crippen molar-refractivity contribution in [1.29, 1.82) is 0 Å². The van der Waals surface area contributed by atoms with Gasteiger partial charge in [0.15, 0.2) is 17.9 Å². The molecule has 0 aromatic heterocycles. The van der Waals surface area contributed by atoms with Gasteiger partial charge in [0.1, 0.15) is 22.8 Å². The van der Waals surface area contributed by atoms with E-state index in [1.165, 1.54) is 35.4 Å². The molecule has 1 aliphatic heterocycles. The predicted octanol–water partition coefficient (Wildman–Crippen LogP) is 2.94. The fourth-order valence-corrected chi connectivity index (χ4v) is 6.70. The summed E-state index contributed by atoms with van der Waals surface area (Å²) in [6, 6.07) is 4.48. The van der Waals surface area contributed by atoms with Gasteiger partial charge in [0.2, 0.25) is 5.78 Å². The van der Waals surface area contributed by atoms with Crippen LogP contribution in [0.25, 0.3) is 0 Å². The fourth-order valence-electron chi connectivity index (χ4n) is 6.70. The number of fused-ring (bicyclic) bond motifs is 3. The minimum absolute atomic E-state index is 0.0468. The number of methoxy groups -OCH3 is 5. The monoisotopic (exact) mass is 583 g/mol. The summed E-state index contributed by atoms with van der Waals surface area (Å²) in [5.74, 6) is -0.504. The molecule has 5 rings (SSSR count). The van der Waals surface area contributed by atoms with E-state index in [0.29, 0.717) is 17.5 Å². The van der Waals surface area contributed by atoms with Crippen LogP contribution in [0.15, 0.2) is 18.2 Å². The topological polar surface area (TPSA) is 142 Å². The van der Waals surface area contributed by atoms with Gasteiger partial charge in [0, 0.05) is 56.2 Å². The Hall–Kier alpha value is -3.35. The molecular weight excluding hydrogens is 546 g/mol. The molecule has 3 aliphatic rings. The lowest BCUT2D eigenvalue weighted by atomic mass is 9.71. The number of hydrogen-bond donors (Lipinski definition) is 1. The van der Waals surface area contributed by atoms with Crippen molar-refractivity contribution in [3.05, 3.63) is 51.6 Å². The van der Waals surface area contributed by atoms with E-state index < -0.39 is 29.6 Å². The molecule has 6 atom stereocenters. The Kier molecular flexibility index (Phi) is 8.16. The summed E-state index contributed by atoms with van der Waals surface area (Å²) in [7, 11) is 7.32. The van der Waals surface area contributed by atoms with E-state index in [1.807, 2.05) is 6.92 Å². The van der Waals surface area contributed by atoms with Crippen LogP contribution in [0.4, 0.5) is 0 Å². The van der Waals surface area contributed by atoms with Gasteiger partial charge < -0.3 is 38.9 Å². The molecule has 2 aliphatic carbocycles. The molecule has 2 aromatic rings. The van der Waals surface area contributed by atoms with Gasteiger partial charge in [-0.1, -0.05) is 12.1 Å². The number of nitrogens with two attached hydrogens (primary N) is 1. The maximum Gasteiger partial charge on any atom is 0.202 e. The highest BCUT2D eigenvalue weighted by Crippen LogP contribution is 2.53. The van der Waals surface area contributed by atoms with Gasteiger partial charge >= 0.3 is 0 Å². The average molecular weight is 584 g/mol. The Bertz CT molecular complexity index is 1430. The third kappa shape index (κ3) is 4.51. The van der Waals surface area contributed by atoms with E-state index in [0.717, 1.165) is 0 Å². The van der Waals surface area contributed by atoms with Crippen LogP contribution < -0.4 is 19.9 Å². The zero-order valence-corrected chi connectivity index (χ0v) is 24.9. The summed E-state index contributed by atoms with van der Waals surface area (Å²) >= 11 is 0. The lowest BCUT2D eigenvalue weighted by molar-refractivity contribution is -0.251. The molecule has 0 spiro atoms. The minimum Gasteiger partial charge on any atom is -0.496 e. The fraction of sp³-hybridized carbons (Fsp3) is 0.516. The Morgan fingerprint density at radius 1 is 0.976 bits per heavy atom. The second-order valence-electron chi connectivity index (χ2n) is 10.9. The van der Waals surface area contributed by atoms with Crippen molar-refractivity contribution in [1.82, 2.24) is 0 Å². The van der Waals surface area contributed by atoms with Crippen molar-refractivity contribution in [3.63, 3.8) is 0 Å². The van der Waals surface area contributed by atoms with Crippen molar-refractivity contribution in [2.24, 2.45) is 5.73 Å². The summed E-state index contributed by atoms with van der Waals surface area (Å²) in [4.78, 5) is 41.3. The van der Waals surface area contributed by atoms with Crippen LogP contribution in [-0.4, -0.2) is 83.0 Å². The third-order valence-corrected chi connectivity index (χ3v) is 8.76. The van der Waals surface area contributed by atoms with Crippen LogP contribution in [-0.2, 0) is 30.2 Å². The van der Waals surface area contributed by atoms with Gasteiger partial charge in [-0.05, 0) is 19.9 Å². The zero-order chi connectivity index (χ0) is 30.5. The van der Waals surface area contributed by atoms with Crippen LogP contribution in [0.5, 0.6) is 17.2 Å². The van der Waals surface area contributed by atoms with Gasteiger partial charge in [-0.3, -0.25) is 14.4 Å². The first-order valence-corrected chi connectivity index (χ1v) is 13.8. The highest BCUT2D eigenvalue weighted by Gasteiger charge is 2.51. The quantitative estimate of drug-likeness (QED) is 0.418. The molecule has 0 bridgehead atoms. The van der Waals surface area contributed by atoms with Crippen molar-refractivity contribution < 1.29 is 47.5 Å². The number of ether oxygens (including phenoxy) is 7. The summed E-state index contributed by atoms with van der Waals surface area (Å²) in [6.07, 6.45) is -1.81. The normalized spacial score (nSPS) is 28.4. The molecule has 1 saturated heterocycles. The molecule has 2 N–H and O–H groups in total. The Balaban J connectivity index is 1.74. The molecular formula is C31H37NO10. The first-order valence-electron chi connectivity index (χ1n) is 13.8. The lowest BCUT2D eigenvalue weighted by Gasteiger charge is -2.44. The van der Waals surface area contributed by atoms with Crippen LogP contribution in [0.3, 0.4) is 0 Å². The maximum atomic E-state index is 14.2. The second-order valence-corrected chi connectivity index (χ2v) is 10.9. The molecule has 0 amide bonds. The Morgan fingerprint density at radius 2 is 1.67 bits per heavy atom. The van der Waals surface area contributed by atoms with Crippen molar-refractivity contribution in [2.45, 2.75) is 69.4 Å². The first-order chi connectivity index (χ1) is 20.1. The molecule has 11 heteroatoms. The number of hydrogen-bond acceptors (Lipinski definition) is 11. The molecule has 11 nitrogen and oxygen atoms in total. The smallest absolute Gasteiger partial charge is 0.202 e.